The van der Waals surface area contributed by atoms with Crippen LogP contribution >= 0.6 is 0 Å². The molecule has 0 bridgehead atoms. The fourth-order valence-electron chi connectivity index (χ4n) is 3.96. The monoisotopic (exact) mass is 392 g/mol. The number of aromatic hydroxyl groups is 1. The smallest absolute Gasteiger partial charge is 0.115 e. The molecule has 0 heterocycles. The topological polar surface area (TPSA) is 20.2 Å². The molecule has 0 radical (unpaired) electrons. The molecule has 0 aliphatic rings. The highest BCUT2D eigenvalue weighted by atomic mass is 16.3. The van der Waals surface area contributed by atoms with Crippen LogP contribution in [0.25, 0.3) is 22.9 Å². The van der Waals surface area contributed by atoms with Gasteiger partial charge < -0.3 is 5.11 Å². The molecule has 0 saturated carbocycles. The van der Waals surface area contributed by atoms with Gasteiger partial charge in [-0.25, -0.2) is 0 Å². The van der Waals surface area contributed by atoms with Gasteiger partial charge in [0.25, 0.3) is 0 Å². The Bertz CT molecular complexity index is 1200. The second-order valence-corrected chi connectivity index (χ2v) is 8.12. The van der Waals surface area contributed by atoms with Crippen molar-refractivity contribution >= 4 is 22.9 Å². The Morgan fingerprint density at radius 1 is 0.733 bits per heavy atom. The summed E-state index contributed by atoms with van der Waals surface area (Å²) in [6.07, 6.45) is 5.30. The van der Waals surface area contributed by atoms with Gasteiger partial charge in [-0.15, -0.1) is 0 Å². The van der Waals surface area contributed by atoms with Crippen LogP contribution in [0.15, 0.2) is 78.9 Å². The van der Waals surface area contributed by atoms with Gasteiger partial charge in [0, 0.05) is 5.92 Å². The van der Waals surface area contributed by atoms with Crippen molar-refractivity contribution in [3.63, 3.8) is 0 Å². The zero-order valence-corrected chi connectivity index (χ0v) is 17.9. The highest BCUT2D eigenvalue weighted by molar-refractivity contribution is 5.84. The third-order valence-corrected chi connectivity index (χ3v) is 5.82. The summed E-state index contributed by atoms with van der Waals surface area (Å²) < 4.78 is 0. The van der Waals surface area contributed by atoms with Gasteiger partial charge in [-0.2, -0.15) is 0 Å². The first-order valence-electron chi connectivity index (χ1n) is 10.6. The van der Waals surface area contributed by atoms with E-state index >= 15 is 0 Å². The summed E-state index contributed by atoms with van der Waals surface area (Å²) in [6.45, 7) is 6.63. The summed E-state index contributed by atoms with van der Waals surface area (Å²) >= 11 is 0. The first-order valence-corrected chi connectivity index (χ1v) is 10.6. The summed E-state index contributed by atoms with van der Waals surface area (Å²) in [5.41, 5.74) is 7.57. The van der Waals surface area contributed by atoms with Crippen LogP contribution in [0.1, 0.15) is 53.1 Å². The molecule has 0 spiro atoms. The first-order chi connectivity index (χ1) is 14.5. The Morgan fingerprint density at radius 3 is 2.20 bits per heavy atom. The lowest BCUT2D eigenvalue weighted by Gasteiger charge is -2.15. The quantitative estimate of drug-likeness (QED) is 0.344. The van der Waals surface area contributed by atoms with Crippen molar-refractivity contribution in [3.05, 3.63) is 112 Å². The van der Waals surface area contributed by atoms with Gasteiger partial charge in [-0.1, -0.05) is 98.3 Å². The molecule has 4 aromatic rings. The van der Waals surface area contributed by atoms with Crippen LogP contribution in [0.3, 0.4) is 0 Å². The van der Waals surface area contributed by atoms with Crippen LogP contribution in [0.5, 0.6) is 5.75 Å². The van der Waals surface area contributed by atoms with Crippen molar-refractivity contribution in [2.45, 2.75) is 33.1 Å². The molecule has 0 aliphatic carbocycles. The van der Waals surface area contributed by atoms with Gasteiger partial charge in [-0.05, 0) is 64.1 Å². The summed E-state index contributed by atoms with van der Waals surface area (Å²) in [5.74, 6) is 0.612. The maximum Gasteiger partial charge on any atom is 0.115 e. The third-order valence-electron chi connectivity index (χ3n) is 5.82. The molecule has 0 amide bonds. The maximum absolute atomic E-state index is 9.45. The van der Waals surface area contributed by atoms with Crippen molar-refractivity contribution in [2.75, 3.05) is 0 Å². The van der Waals surface area contributed by atoms with Crippen LogP contribution in [0.2, 0.25) is 0 Å². The molecule has 0 aliphatic heterocycles. The van der Waals surface area contributed by atoms with Gasteiger partial charge in [0.2, 0.25) is 0 Å². The Morgan fingerprint density at radius 2 is 1.43 bits per heavy atom. The number of fused-ring (bicyclic) bond motifs is 1. The largest absolute Gasteiger partial charge is 0.508 e. The number of hydrogen-bond donors (Lipinski definition) is 1. The van der Waals surface area contributed by atoms with Crippen molar-refractivity contribution in [2.24, 2.45) is 0 Å². The molecule has 4 aromatic carbocycles. The van der Waals surface area contributed by atoms with E-state index in [1.165, 1.54) is 38.6 Å². The lowest BCUT2D eigenvalue weighted by atomic mass is 9.89. The fourth-order valence-corrected chi connectivity index (χ4v) is 3.96. The molecule has 150 valence electrons. The Kier molecular flexibility index (Phi) is 5.72. The van der Waals surface area contributed by atoms with E-state index in [9.17, 15) is 5.11 Å². The molecular weight excluding hydrogens is 364 g/mol. The Labute approximate surface area is 179 Å². The van der Waals surface area contributed by atoms with E-state index in [0.29, 0.717) is 11.7 Å². The normalized spacial score (nSPS) is 12.5. The molecule has 1 unspecified atom stereocenters. The van der Waals surface area contributed by atoms with Crippen LogP contribution in [-0.2, 0) is 6.42 Å². The minimum absolute atomic E-state index is 0.292. The SMILES string of the molecule is CCc1ccc2cc(C(C)c3cc(C)cc(/C=C/c4ccc(O)cc4)c3)ccc2c1. The predicted molar refractivity (Wildman–Crippen MR) is 129 cm³/mol. The number of phenolic OH excluding ortho intramolecular Hbond substituents is 1. The lowest BCUT2D eigenvalue weighted by molar-refractivity contribution is 0.475. The van der Waals surface area contributed by atoms with E-state index in [1.807, 2.05) is 12.1 Å². The maximum atomic E-state index is 9.45. The lowest BCUT2D eigenvalue weighted by Crippen LogP contribution is -1.97. The molecule has 1 nitrogen and oxygen atoms in total. The van der Waals surface area contributed by atoms with Crippen LogP contribution < -0.4 is 0 Å². The zero-order chi connectivity index (χ0) is 21.1. The molecule has 0 aromatic heterocycles. The van der Waals surface area contributed by atoms with E-state index in [0.717, 1.165) is 12.0 Å². The molecule has 1 heteroatoms. The number of aryl methyl sites for hydroxylation is 2. The van der Waals surface area contributed by atoms with Gasteiger partial charge in [0.15, 0.2) is 0 Å². The van der Waals surface area contributed by atoms with Crippen molar-refractivity contribution in [1.82, 2.24) is 0 Å². The van der Waals surface area contributed by atoms with Crippen LogP contribution in [-0.4, -0.2) is 5.11 Å². The highest BCUT2D eigenvalue weighted by Gasteiger charge is 2.10. The fraction of sp³-hybridized carbons (Fsp3) is 0.172. The predicted octanol–water partition coefficient (Wildman–Crippen LogP) is 7.74. The standard InChI is InChI=1S/C29H28O/c1-4-22-7-10-27-19-25(11-12-26(27)17-22)21(3)28-16-20(2)15-24(18-28)6-5-23-8-13-29(30)14-9-23/h5-19,21,30H,4H2,1-3H3/b6-5+. The van der Waals surface area contributed by atoms with E-state index < -0.39 is 0 Å². The molecule has 30 heavy (non-hydrogen) atoms. The van der Waals surface area contributed by atoms with E-state index in [2.05, 4.69) is 87.5 Å². The minimum atomic E-state index is 0.292. The second-order valence-electron chi connectivity index (χ2n) is 8.12. The summed E-state index contributed by atoms with van der Waals surface area (Å²) in [4.78, 5) is 0. The third kappa shape index (κ3) is 4.46. The van der Waals surface area contributed by atoms with Crippen LogP contribution in [0, 0.1) is 6.92 Å². The average Bonchev–Trinajstić information content (AvgIpc) is 2.77. The number of hydrogen-bond acceptors (Lipinski definition) is 1. The molecule has 1 atom stereocenters. The second kappa shape index (κ2) is 8.59. The van der Waals surface area contributed by atoms with Crippen molar-refractivity contribution in [3.8, 4) is 5.75 Å². The van der Waals surface area contributed by atoms with Gasteiger partial charge in [-0.3, -0.25) is 0 Å². The Balaban J connectivity index is 1.63. The summed E-state index contributed by atoms with van der Waals surface area (Å²) in [6, 6.07) is 27.7. The van der Waals surface area contributed by atoms with E-state index in [-0.39, 0.29) is 0 Å². The molecular formula is C29H28O. The van der Waals surface area contributed by atoms with Crippen molar-refractivity contribution < 1.29 is 5.11 Å². The number of phenols is 1. The van der Waals surface area contributed by atoms with Gasteiger partial charge >= 0.3 is 0 Å². The molecule has 4 rings (SSSR count). The average molecular weight is 393 g/mol. The van der Waals surface area contributed by atoms with E-state index in [4.69, 9.17) is 0 Å². The molecule has 1 N–H and O–H groups in total. The molecule has 0 fully saturated rings. The highest BCUT2D eigenvalue weighted by Crippen LogP contribution is 2.29. The van der Waals surface area contributed by atoms with Crippen LogP contribution in [0.4, 0.5) is 0 Å². The summed E-state index contributed by atoms with van der Waals surface area (Å²) in [5, 5.41) is 12.1. The number of rotatable bonds is 5. The van der Waals surface area contributed by atoms with Gasteiger partial charge in [0.1, 0.15) is 5.75 Å². The number of benzene rings is 4. The van der Waals surface area contributed by atoms with Crippen molar-refractivity contribution in [1.29, 1.82) is 0 Å². The molecule has 0 saturated heterocycles. The minimum Gasteiger partial charge on any atom is -0.508 e. The van der Waals surface area contributed by atoms with E-state index in [1.54, 1.807) is 12.1 Å². The first kappa shape index (κ1) is 20.0. The van der Waals surface area contributed by atoms with Gasteiger partial charge in [0.05, 0.1) is 0 Å². The summed E-state index contributed by atoms with van der Waals surface area (Å²) in [7, 11) is 0. The zero-order valence-electron chi connectivity index (χ0n) is 17.9. The Hall–Kier alpha value is -3.32.